The van der Waals surface area contributed by atoms with Gasteiger partial charge in [0.05, 0.1) is 4.90 Å². The Bertz CT molecular complexity index is 1100. The minimum absolute atomic E-state index is 0.0717. The summed E-state index contributed by atoms with van der Waals surface area (Å²) in [5, 5.41) is 2.90. The van der Waals surface area contributed by atoms with Gasteiger partial charge in [-0.25, -0.2) is 13.1 Å². The van der Waals surface area contributed by atoms with E-state index < -0.39 is 10.0 Å². The molecule has 0 heterocycles. The monoisotopic (exact) mass is 454 g/mol. The van der Waals surface area contributed by atoms with E-state index in [0.29, 0.717) is 25.8 Å². The van der Waals surface area contributed by atoms with Gasteiger partial charge in [-0.15, -0.1) is 11.8 Å². The minimum atomic E-state index is -3.56. The van der Waals surface area contributed by atoms with Crippen LogP contribution in [0.5, 0.6) is 0 Å². The Morgan fingerprint density at radius 3 is 2.29 bits per heavy atom. The maximum atomic E-state index is 12.5. The lowest BCUT2D eigenvalue weighted by atomic mass is 10.1. The Hall–Kier alpha value is -2.61. The van der Waals surface area contributed by atoms with Crippen LogP contribution in [0.25, 0.3) is 0 Å². The molecule has 0 aliphatic carbocycles. The fourth-order valence-corrected chi connectivity index (χ4v) is 4.57. The molecular weight excluding hydrogens is 428 g/mol. The van der Waals surface area contributed by atoms with Gasteiger partial charge >= 0.3 is 0 Å². The maximum Gasteiger partial charge on any atom is 0.240 e. The number of benzene rings is 3. The van der Waals surface area contributed by atoms with Crippen molar-refractivity contribution in [1.29, 1.82) is 0 Å². The van der Waals surface area contributed by atoms with Crippen LogP contribution in [0.15, 0.2) is 88.7 Å². The van der Waals surface area contributed by atoms with Crippen molar-refractivity contribution in [2.24, 2.45) is 0 Å². The summed E-state index contributed by atoms with van der Waals surface area (Å²) in [4.78, 5) is 13.5. The summed E-state index contributed by atoms with van der Waals surface area (Å²) in [6, 6.07) is 24.1. The largest absolute Gasteiger partial charge is 0.326 e. The van der Waals surface area contributed by atoms with E-state index in [-0.39, 0.29) is 10.8 Å². The average Bonchev–Trinajstić information content (AvgIpc) is 2.79. The standard InChI is InChI=1S/C24H26N2O3S2/c1-30-22-9-5-8-21(18-22)26-24(27)15-12-20-10-13-23(14-11-20)31(28,29)25-17-16-19-6-3-2-4-7-19/h2-11,13-14,18,25H,12,15-17H2,1H3,(H,26,27). The molecule has 0 bridgehead atoms. The molecule has 1 amide bonds. The molecule has 0 aliphatic heterocycles. The van der Waals surface area contributed by atoms with Crippen LogP contribution < -0.4 is 10.0 Å². The highest BCUT2D eigenvalue weighted by molar-refractivity contribution is 7.98. The van der Waals surface area contributed by atoms with Crippen molar-refractivity contribution >= 4 is 33.4 Å². The summed E-state index contributed by atoms with van der Waals surface area (Å²) in [6.45, 7) is 0.339. The number of hydrogen-bond donors (Lipinski definition) is 2. The molecule has 0 aliphatic rings. The van der Waals surface area contributed by atoms with Crippen LogP contribution in [0.3, 0.4) is 0 Å². The molecule has 0 radical (unpaired) electrons. The summed E-state index contributed by atoms with van der Waals surface area (Å²) >= 11 is 1.62. The number of amides is 1. The van der Waals surface area contributed by atoms with Crippen LogP contribution in [-0.2, 0) is 27.7 Å². The van der Waals surface area contributed by atoms with Crippen LogP contribution in [0.4, 0.5) is 5.69 Å². The second-order valence-electron chi connectivity index (χ2n) is 7.06. The molecule has 162 valence electrons. The molecule has 31 heavy (non-hydrogen) atoms. The third-order valence-electron chi connectivity index (χ3n) is 4.78. The van der Waals surface area contributed by atoms with Gasteiger partial charge in [-0.05, 0) is 60.6 Å². The van der Waals surface area contributed by atoms with Crippen LogP contribution in [0, 0.1) is 0 Å². The lowest BCUT2D eigenvalue weighted by Crippen LogP contribution is -2.26. The minimum Gasteiger partial charge on any atom is -0.326 e. The lowest BCUT2D eigenvalue weighted by molar-refractivity contribution is -0.116. The van der Waals surface area contributed by atoms with E-state index in [1.165, 1.54) is 0 Å². The van der Waals surface area contributed by atoms with Gasteiger partial charge in [0.2, 0.25) is 15.9 Å². The molecule has 0 aromatic heterocycles. The molecule has 0 atom stereocenters. The van der Waals surface area contributed by atoms with Gasteiger partial charge in [-0.2, -0.15) is 0 Å². The molecule has 3 rings (SSSR count). The normalized spacial score (nSPS) is 11.3. The Morgan fingerprint density at radius 2 is 1.58 bits per heavy atom. The highest BCUT2D eigenvalue weighted by Gasteiger charge is 2.13. The number of rotatable bonds is 10. The fourth-order valence-electron chi connectivity index (χ4n) is 3.08. The molecule has 0 spiro atoms. The number of aryl methyl sites for hydroxylation is 1. The van der Waals surface area contributed by atoms with Gasteiger partial charge in [0.1, 0.15) is 0 Å². The van der Waals surface area contributed by atoms with E-state index >= 15 is 0 Å². The maximum absolute atomic E-state index is 12.5. The molecule has 2 N–H and O–H groups in total. The van der Waals surface area contributed by atoms with Gasteiger partial charge < -0.3 is 5.32 Å². The Labute approximate surface area is 188 Å². The number of anilines is 1. The van der Waals surface area contributed by atoms with Crippen LogP contribution >= 0.6 is 11.8 Å². The van der Waals surface area contributed by atoms with Crippen molar-refractivity contribution in [3.8, 4) is 0 Å². The van der Waals surface area contributed by atoms with E-state index in [4.69, 9.17) is 0 Å². The van der Waals surface area contributed by atoms with E-state index in [2.05, 4.69) is 10.0 Å². The summed E-state index contributed by atoms with van der Waals surface area (Å²) in [5.74, 6) is -0.0717. The fraction of sp³-hybridized carbons (Fsp3) is 0.208. The molecule has 0 fully saturated rings. The summed E-state index contributed by atoms with van der Waals surface area (Å²) in [7, 11) is -3.56. The summed E-state index contributed by atoms with van der Waals surface area (Å²) in [6.07, 6.45) is 3.48. The predicted molar refractivity (Wildman–Crippen MR) is 127 cm³/mol. The van der Waals surface area contributed by atoms with Crippen molar-refractivity contribution in [2.45, 2.75) is 29.1 Å². The van der Waals surface area contributed by atoms with E-state index in [0.717, 1.165) is 21.7 Å². The van der Waals surface area contributed by atoms with E-state index in [1.54, 1.807) is 36.0 Å². The Balaban J connectivity index is 1.49. The summed E-state index contributed by atoms with van der Waals surface area (Å²) < 4.78 is 27.6. The number of nitrogens with one attached hydrogen (secondary N) is 2. The highest BCUT2D eigenvalue weighted by Crippen LogP contribution is 2.19. The predicted octanol–water partition coefficient (Wildman–Crippen LogP) is 4.50. The van der Waals surface area contributed by atoms with Gasteiger partial charge in [0, 0.05) is 23.5 Å². The molecule has 7 heteroatoms. The first-order chi connectivity index (χ1) is 15.0. The Morgan fingerprint density at radius 1 is 0.871 bits per heavy atom. The number of thioether (sulfide) groups is 1. The van der Waals surface area contributed by atoms with Crippen molar-refractivity contribution in [3.63, 3.8) is 0 Å². The molecule has 3 aromatic rings. The number of carbonyl (C=O) groups excluding carboxylic acids is 1. The van der Waals surface area contributed by atoms with Crippen molar-refractivity contribution in [1.82, 2.24) is 4.72 Å². The SMILES string of the molecule is CSc1cccc(NC(=O)CCc2ccc(S(=O)(=O)NCCc3ccccc3)cc2)c1. The van der Waals surface area contributed by atoms with Crippen molar-refractivity contribution < 1.29 is 13.2 Å². The Kier molecular flexibility index (Phi) is 8.28. The number of sulfonamides is 1. The van der Waals surface area contributed by atoms with E-state index in [9.17, 15) is 13.2 Å². The topological polar surface area (TPSA) is 75.3 Å². The molecule has 3 aromatic carbocycles. The third kappa shape index (κ3) is 7.24. The highest BCUT2D eigenvalue weighted by atomic mass is 32.2. The molecular formula is C24H26N2O3S2. The van der Waals surface area contributed by atoms with Crippen LogP contribution in [0.1, 0.15) is 17.5 Å². The smallest absolute Gasteiger partial charge is 0.240 e. The van der Waals surface area contributed by atoms with Gasteiger partial charge in [-0.3, -0.25) is 4.79 Å². The third-order valence-corrected chi connectivity index (χ3v) is 6.98. The summed E-state index contributed by atoms with van der Waals surface area (Å²) in [5.41, 5.74) is 2.77. The van der Waals surface area contributed by atoms with Crippen molar-refractivity contribution in [3.05, 3.63) is 90.0 Å². The van der Waals surface area contributed by atoms with Gasteiger partial charge in [0.25, 0.3) is 0 Å². The van der Waals surface area contributed by atoms with Crippen molar-refractivity contribution in [2.75, 3.05) is 18.1 Å². The average molecular weight is 455 g/mol. The quantitative estimate of drug-likeness (QED) is 0.442. The first-order valence-corrected chi connectivity index (χ1v) is 12.7. The zero-order chi connectivity index (χ0) is 22.1. The lowest BCUT2D eigenvalue weighted by Gasteiger charge is -2.09. The second kappa shape index (κ2) is 11.1. The molecule has 0 saturated carbocycles. The number of carbonyl (C=O) groups is 1. The molecule has 0 saturated heterocycles. The first kappa shape index (κ1) is 23.1. The molecule has 5 nitrogen and oxygen atoms in total. The first-order valence-electron chi connectivity index (χ1n) is 10.0. The van der Waals surface area contributed by atoms with Crippen LogP contribution in [0.2, 0.25) is 0 Å². The number of hydrogen-bond acceptors (Lipinski definition) is 4. The van der Waals surface area contributed by atoms with Gasteiger partial charge in [0.15, 0.2) is 0 Å². The van der Waals surface area contributed by atoms with Crippen LogP contribution in [-0.4, -0.2) is 27.1 Å². The van der Waals surface area contributed by atoms with E-state index in [1.807, 2.05) is 60.9 Å². The van der Waals surface area contributed by atoms with Gasteiger partial charge in [-0.1, -0.05) is 48.5 Å². The second-order valence-corrected chi connectivity index (χ2v) is 9.70. The zero-order valence-corrected chi connectivity index (χ0v) is 19.0. The zero-order valence-electron chi connectivity index (χ0n) is 17.4. The molecule has 0 unspecified atom stereocenters.